The number of para-hydroxylation sites is 1. The lowest BCUT2D eigenvalue weighted by Gasteiger charge is -2.28. The van der Waals surface area contributed by atoms with Crippen LogP contribution in [-0.4, -0.2) is 37.0 Å². The summed E-state index contributed by atoms with van der Waals surface area (Å²) in [6.45, 7) is 8.86. The first-order valence-corrected chi connectivity index (χ1v) is 13.8. The monoisotopic (exact) mass is 538 g/mol. The van der Waals surface area contributed by atoms with Gasteiger partial charge in [-0.1, -0.05) is 31.2 Å². The van der Waals surface area contributed by atoms with Gasteiger partial charge in [0.1, 0.15) is 5.82 Å². The van der Waals surface area contributed by atoms with Crippen LogP contribution in [0, 0.1) is 20.8 Å². The number of nitrogens with zero attached hydrogens (tertiary/aromatic N) is 4. The van der Waals surface area contributed by atoms with Crippen molar-refractivity contribution in [1.29, 1.82) is 0 Å². The molecule has 4 heterocycles. The second kappa shape index (κ2) is 11.4. The molecule has 3 aromatic heterocycles. The van der Waals surface area contributed by atoms with Gasteiger partial charge in [0.25, 0.3) is 0 Å². The van der Waals surface area contributed by atoms with Crippen molar-refractivity contribution in [3.8, 4) is 5.82 Å². The van der Waals surface area contributed by atoms with Gasteiger partial charge in [0.15, 0.2) is 5.11 Å². The van der Waals surface area contributed by atoms with Crippen molar-refractivity contribution in [2.75, 3.05) is 11.9 Å². The van der Waals surface area contributed by atoms with Crippen molar-refractivity contribution in [2.45, 2.75) is 52.6 Å². The molecule has 8 heteroatoms. The normalized spacial score (nSPS) is 16.8. The second-order valence-corrected chi connectivity index (χ2v) is 10.4. The highest BCUT2D eigenvalue weighted by Gasteiger charge is 2.41. The Kier molecular flexibility index (Phi) is 7.74. The number of hydrogen-bond donors (Lipinski definition) is 2. The second-order valence-electron chi connectivity index (χ2n) is 9.98. The summed E-state index contributed by atoms with van der Waals surface area (Å²) in [6.07, 6.45) is 4.81. The summed E-state index contributed by atoms with van der Waals surface area (Å²) in [5.74, 6) is 0.854. The van der Waals surface area contributed by atoms with Gasteiger partial charge in [0.2, 0.25) is 5.91 Å². The fourth-order valence-electron chi connectivity index (χ4n) is 5.45. The Hall–Kier alpha value is -4.04. The zero-order valence-corrected chi connectivity index (χ0v) is 23.6. The number of aromatic nitrogens is 3. The maximum absolute atomic E-state index is 13.1. The van der Waals surface area contributed by atoms with E-state index in [0.717, 1.165) is 51.7 Å². The largest absolute Gasteiger partial charge is 0.352 e. The molecule has 2 N–H and O–H groups in total. The molecule has 0 unspecified atom stereocenters. The lowest BCUT2D eigenvalue weighted by molar-refractivity contribution is -0.116. The third-order valence-electron chi connectivity index (χ3n) is 7.37. The van der Waals surface area contributed by atoms with Crippen LogP contribution < -0.4 is 10.6 Å². The van der Waals surface area contributed by atoms with Crippen LogP contribution in [0.3, 0.4) is 0 Å². The molecule has 1 fully saturated rings. The first-order chi connectivity index (χ1) is 18.9. The number of carbonyl (C=O) groups excluding carboxylic acids is 1. The Bertz CT molecular complexity index is 1500. The Morgan fingerprint density at radius 3 is 2.56 bits per heavy atom. The zero-order chi connectivity index (χ0) is 27.5. The molecule has 5 rings (SSSR count). The number of pyridine rings is 2. The summed E-state index contributed by atoms with van der Waals surface area (Å²) in [5, 5.41) is 7.22. The van der Waals surface area contributed by atoms with E-state index in [0.29, 0.717) is 18.1 Å². The van der Waals surface area contributed by atoms with Crippen LogP contribution in [0.25, 0.3) is 5.82 Å². The minimum Gasteiger partial charge on any atom is -0.352 e. The van der Waals surface area contributed by atoms with Crippen LogP contribution in [0.4, 0.5) is 5.69 Å². The van der Waals surface area contributed by atoms with Crippen molar-refractivity contribution in [3.05, 3.63) is 107 Å². The first-order valence-electron chi connectivity index (χ1n) is 13.3. The summed E-state index contributed by atoms with van der Waals surface area (Å²) in [6, 6.07) is 19.9. The summed E-state index contributed by atoms with van der Waals surface area (Å²) in [7, 11) is 0. The molecule has 1 saturated heterocycles. The quantitative estimate of drug-likeness (QED) is 0.278. The minimum atomic E-state index is -0.151. The van der Waals surface area contributed by atoms with Gasteiger partial charge in [-0.15, -0.1) is 0 Å². The maximum Gasteiger partial charge on any atom is 0.226 e. The van der Waals surface area contributed by atoms with Gasteiger partial charge in [-0.2, -0.15) is 0 Å². The van der Waals surface area contributed by atoms with Gasteiger partial charge in [-0.3, -0.25) is 9.78 Å². The van der Waals surface area contributed by atoms with Crippen molar-refractivity contribution in [2.24, 2.45) is 0 Å². The van der Waals surface area contributed by atoms with E-state index in [9.17, 15) is 4.79 Å². The number of nitrogens with one attached hydrogen (secondary N) is 2. The smallest absolute Gasteiger partial charge is 0.226 e. The van der Waals surface area contributed by atoms with Gasteiger partial charge in [-0.05, 0) is 92.5 Å². The van der Waals surface area contributed by atoms with E-state index < -0.39 is 0 Å². The fraction of sp³-hybridized carbons (Fsp3) is 0.290. The standard InChI is InChI=1S/C31H34N6OS/c1-5-23-10-6-7-11-25(23)34-28(38)14-17-36-30(29(35-31(36)39)26-12-8-9-15-32-26)24-19-21(3)37(22(24)4)27-18-20(2)13-16-33-27/h6-13,15-16,18-19,29-30H,5,14,17H2,1-4H3,(H,34,38)(H,35,39)/t29-,30-/m0/s1. The maximum atomic E-state index is 13.1. The van der Waals surface area contributed by atoms with Gasteiger partial charge in [0, 0.05) is 42.4 Å². The van der Waals surface area contributed by atoms with E-state index in [2.05, 4.69) is 69.9 Å². The summed E-state index contributed by atoms with van der Waals surface area (Å²) >= 11 is 5.85. The number of rotatable bonds is 8. The zero-order valence-electron chi connectivity index (χ0n) is 22.8. The molecule has 0 radical (unpaired) electrons. The predicted molar refractivity (Wildman–Crippen MR) is 159 cm³/mol. The van der Waals surface area contributed by atoms with Crippen LogP contribution in [0.2, 0.25) is 0 Å². The number of hydrogen-bond acceptors (Lipinski definition) is 4. The van der Waals surface area contributed by atoms with E-state index >= 15 is 0 Å². The highest BCUT2D eigenvalue weighted by atomic mass is 32.1. The summed E-state index contributed by atoms with van der Waals surface area (Å²) < 4.78 is 2.19. The van der Waals surface area contributed by atoms with Crippen molar-refractivity contribution >= 4 is 28.9 Å². The van der Waals surface area contributed by atoms with Crippen molar-refractivity contribution in [1.82, 2.24) is 24.8 Å². The molecule has 7 nitrogen and oxygen atoms in total. The van der Waals surface area contributed by atoms with E-state index in [4.69, 9.17) is 12.2 Å². The summed E-state index contributed by atoms with van der Waals surface area (Å²) in [5.41, 5.74) is 7.37. The molecule has 1 aliphatic rings. The Labute approximate surface area is 235 Å². The van der Waals surface area contributed by atoms with Crippen molar-refractivity contribution in [3.63, 3.8) is 0 Å². The van der Waals surface area contributed by atoms with E-state index in [-0.39, 0.29) is 18.0 Å². The van der Waals surface area contributed by atoms with E-state index in [1.165, 1.54) is 0 Å². The van der Waals surface area contributed by atoms with E-state index in [1.807, 2.05) is 54.7 Å². The minimum absolute atomic E-state index is 0.0341. The number of thiocarbonyl (C=S) groups is 1. The lowest BCUT2D eigenvalue weighted by atomic mass is 9.96. The van der Waals surface area contributed by atoms with Crippen molar-refractivity contribution < 1.29 is 4.79 Å². The number of aryl methyl sites for hydroxylation is 3. The van der Waals surface area contributed by atoms with Crippen LogP contribution in [0.1, 0.15) is 59.2 Å². The third kappa shape index (κ3) is 5.43. The summed E-state index contributed by atoms with van der Waals surface area (Å²) in [4.78, 5) is 24.5. The van der Waals surface area contributed by atoms with E-state index in [1.54, 1.807) is 6.20 Å². The molecule has 1 aromatic carbocycles. The topological polar surface area (TPSA) is 75.1 Å². The molecule has 0 aliphatic carbocycles. The predicted octanol–water partition coefficient (Wildman–Crippen LogP) is 5.76. The average molecular weight is 539 g/mol. The van der Waals surface area contributed by atoms with Gasteiger partial charge in [0.05, 0.1) is 17.8 Å². The molecule has 0 bridgehead atoms. The van der Waals surface area contributed by atoms with Crippen LogP contribution >= 0.6 is 12.2 Å². The third-order valence-corrected chi connectivity index (χ3v) is 7.72. The number of carbonyl (C=O) groups is 1. The highest BCUT2D eigenvalue weighted by molar-refractivity contribution is 7.80. The SMILES string of the molecule is CCc1ccccc1NC(=O)CCN1C(=S)N[C@@H](c2ccccn2)[C@@H]1c1cc(C)n(-c2cc(C)ccn2)c1C. The van der Waals surface area contributed by atoms with Gasteiger partial charge >= 0.3 is 0 Å². The number of amides is 1. The average Bonchev–Trinajstić information content (AvgIpc) is 3.42. The Balaban J connectivity index is 1.47. The molecule has 39 heavy (non-hydrogen) atoms. The number of benzene rings is 1. The lowest BCUT2D eigenvalue weighted by Crippen LogP contribution is -2.33. The van der Waals surface area contributed by atoms with Crippen LogP contribution in [-0.2, 0) is 11.2 Å². The molecule has 0 spiro atoms. The van der Waals surface area contributed by atoms with Gasteiger partial charge in [-0.25, -0.2) is 4.98 Å². The molecule has 0 saturated carbocycles. The molecule has 1 aliphatic heterocycles. The molecule has 4 aromatic rings. The Morgan fingerprint density at radius 2 is 1.82 bits per heavy atom. The molecular formula is C31H34N6OS. The van der Waals surface area contributed by atoms with Gasteiger partial charge < -0.3 is 20.1 Å². The molecular weight excluding hydrogens is 504 g/mol. The fourth-order valence-corrected chi connectivity index (χ4v) is 5.78. The first kappa shape index (κ1) is 26.6. The number of anilines is 1. The van der Waals surface area contributed by atoms with Crippen LogP contribution in [0.5, 0.6) is 0 Å². The Morgan fingerprint density at radius 1 is 1.03 bits per heavy atom. The molecule has 200 valence electrons. The molecule has 1 amide bonds. The molecule has 2 atom stereocenters. The highest BCUT2D eigenvalue weighted by Crippen LogP contribution is 2.41. The van der Waals surface area contributed by atoms with Crippen LogP contribution in [0.15, 0.2) is 73.1 Å².